The van der Waals surface area contributed by atoms with Crippen LogP contribution in [0.5, 0.6) is 5.75 Å². The van der Waals surface area contributed by atoms with E-state index in [0.29, 0.717) is 11.7 Å². The molecule has 25 heavy (non-hydrogen) atoms. The fraction of sp³-hybridized carbons (Fsp3) is 0.600. The van der Waals surface area contributed by atoms with E-state index >= 15 is 0 Å². The first-order valence-corrected chi connectivity index (χ1v) is 9.06. The van der Waals surface area contributed by atoms with Crippen molar-refractivity contribution in [3.63, 3.8) is 0 Å². The third-order valence-corrected chi connectivity index (χ3v) is 4.95. The number of esters is 1. The molecule has 1 aliphatic carbocycles. The van der Waals surface area contributed by atoms with E-state index in [4.69, 9.17) is 9.47 Å². The van der Waals surface area contributed by atoms with Gasteiger partial charge in [-0.05, 0) is 62.8 Å². The van der Waals surface area contributed by atoms with E-state index in [2.05, 4.69) is 12.2 Å². The molecule has 0 aliphatic heterocycles. The fourth-order valence-electron chi connectivity index (χ4n) is 3.06. The van der Waals surface area contributed by atoms with Crippen LogP contribution >= 0.6 is 0 Å². The van der Waals surface area contributed by atoms with Crippen LogP contribution in [0.25, 0.3) is 0 Å². The molecular weight excluding hydrogens is 318 g/mol. The van der Waals surface area contributed by atoms with E-state index in [9.17, 15) is 9.59 Å². The number of hydrogen-bond donors (Lipinski definition) is 1. The molecule has 3 atom stereocenters. The maximum absolute atomic E-state index is 12.2. The molecule has 0 spiro atoms. The van der Waals surface area contributed by atoms with E-state index in [1.165, 1.54) is 6.42 Å². The highest BCUT2D eigenvalue weighted by atomic mass is 16.6. The summed E-state index contributed by atoms with van der Waals surface area (Å²) in [4.78, 5) is 24.1. The van der Waals surface area contributed by atoms with Crippen molar-refractivity contribution in [1.29, 1.82) is 0 Å². The van der Waals surface area contributed by atoms with Crippen molar-refractivity contribution >= 4 is 11.9 Å². The van der Waals surface area contributed by atoms with Gasteiger partial charge in [0.2, 0.25) is 0 Å². The van der Waals surface area contributed by atoms with Crippen LogP contribution < -0.4 is 10.1 Å². The van der Waals surface area contributed by atoms with Crippen LogP contribution in [0.15, 0.2) is 18.2 Å². The summed E-state index contributed by atoms with van der Waals surface area (Å²) in [6, 6.07) is 5.81. The zero-order valence-corrected chi connectivity index (χ0v) is 15.6. The minimum Gasteiger partial charge on any atom is -0.482 e. The van der Waals surface area contributed by atoms with Gasteiger partial charge in [-0.3, -0.25) is 4.79 Å². The number of amides is 1. The predicted molar refractivity (Wildman–Crippen MR) is 96.5 cm³/mol. The smallest absolute Gasteiger partial charge is 0.344 e. The van der Waals surface area contributed by atoms with E-state index in [0.717, 1.165) is 30.4 Å². The van der Waals surface area contributed by atoms with Crippen LogP contribution in [0.3, 0.4) is 0 Å². The Morgan fingerprint density at radius 3 is 2.60 bits per heavy atom. The zero-order valence-electron chi connectivity index (χ0n) is 15.6. The van der Waals surface area contributed by atoms with Gasteiger partial charge in [0.1, 0.15) is 5.75 Å². The largest absolute Gasteiger partial charge is 0.482 e. The van der Waals surface area contributed by atoms with Crippen LogP contribution in [-0.4, -0.2) is 30.6 Å². The van der Waals surface area contributed by atoms with Crippen molar-refractivity contribution in [3.05, 3.63) is 29.3 Å². The molecule has 1 aliphatic rings. The lowest BCUT2D eigenvalue weighted by Crippen LogP contribution is -2.46. The molecule has 0 bridgehead atoms. The van der Waals surface area contributed by atoms with Crippen molar-refractivity contribution in [2.75, 3.05) is 6.61 Å². The molecular formula is C20H29NO4. The van der Waals surface area contributed by atoms with Gasteiger partial charge < -0.3 is 14.8 Å². The molecule has 1 amide bonds. The van der Waals surface area contributed by atoms with Gasteiger partial charge in [0.15, 0.2) is 12.7 Å². The first kappa shape index (κ1) is 19.3. The third-order valence-electron chi connectivity index (χ3n) is 4.95. The van der Waals surface area contributed by atoms with Gasteiger partial charge in [-0.1, -0.05) is 25.8 Å². The molecule has 5 nitrogen and oxygen atoms in total. The molecule has 0 heterocycles. The van der Waals surface area contributed by atoms with Crippen molar-refractivity contribution in [2.45, 2.75) is 65.5 Å². The molecule has 5 heteroatoms. The molecule has 0 aromatic heterocycles. The Morgan fingerprint density at radius 2 is 1.92 bits per heavy atom. The summed E-state index contributed by atoms with van der Waals surface area (Å²) >= 11 is 0. The summed E-state index contributed by atoms with van der Waals surface area (Å²) in [5.74, 6) is 0.303. The van der Waals surface area contributed by atoms with Gasteiger partial charge in [0.05, 0.1) is 0 Å². The minimum absolute atomic E-state index is 0.175. The van der Waals surface area contributed by atoms with Gasteiger partial charge in [0.25, 0.3) is 5.91 Å². The second kappa shape index (κ2) is 8.88. The lowest BCUT2D eigenvalue weighted by Gasteiger charge is -2.30. The van der Waals surface area contributed by atoms with Gasteiger partial charge in [-0.25, -0.2) is 4.79 Å². The molecule has 1 N–H and O–H groups in total. The molecule has 0 radical (unpaired) electrons. The number of nitrogens with one attached hydrogen (secondary N) is 1. The van der Waals surface area contributed by atoms with Crippen LogP contribution in [0.4, 0.5) is 0 Å². The van der Waals surface area contributed by atoms with E-state index in [1.807, 2.05) is 32.0 Å². The Morgan fingerprint density at radius 1 is 1.20 bits per heavy atom. The number of rotatable bonds is 6. The Kier molecular flexibility index (Phi) is 6.85. The molecule has 0 unspecified atom stereocenters. The monoisotopic (exact) mass is 347 g/mol. The standard InChI is InChI=1S/C20H29NO4/c1-13-9-10-17(11-15(13)3)24-12-19(22)25-16(4)20(23)21-18-8-6-5-7-14(18)2/h9-11,14,16,18H,5-8,12H2,1-4H3,(H,21,23)/t14-,16-,18+/m0/s1. The summed E-state index contributed by atoms with van der Waals surface area (Å²) in [7, 11) is 0. The number of ether oxygens (including phenoxy) is 2. The normalized spacial score (nSPS) is 21.3. The maximum atomic E-state index is 12.2. The molecule has 1 fully saturated rings. The molecule has 1 aromatic rings. The quantitative estimate of drug-likeness (QED) is 0.802. The van der Waals surface area contributed by atoms with E-state index in [-0.39, 0.29) is 18.6 Å². The molecule has 2 rings (SSSR count). The lowest BCUT2D eigenvalue weighted by molar-refractivity contribution is -0.157. The number of aryl methyl sites for hydroxylation is 2. The summed E-state index contributed by atoms with van der Waals surface area (Å²) < 4.78 is 10.6. The summed E-state index contributed by atoms with van der Waals surface area (Å²) in [6.07, 6.45) is 3.65. The number of benzene rings is 1. The van der Waals surface area contributed by atoms with Crippen molar-refractivity contribution in [1.82, 2.24) is 5.32 Å². The van der Waals surface area contributed by atoms with Gasteiger partial charge >= 0.3 is 5.97 Å². The van der Waals surface area contributed by atoms with Gasteiger partial charge in [-0.15, -0.1) is 0 Å². The Balaban J connectivity index is 1.76. The summed E-state index contributed by atoms with van der Waals surface area (Å²) in [5, 5.41) is 3.00. The van der Waals surface area contributed by atoms with Crippen molar-refractivity contribution in [2.24, 2.45) is 5.92 Å². The number of carbonyl (C=O) groups excluding carboxylic acids is 2. The Hall–Kier alpha value is -2.04. The van der Waals surface area contributed by atoms with Crippen LogP contribution in [0.1, 0.15) is 50.7 Å². The van der Waals surface area contributed by atoms with Gasteiger partial charge in [0, 0.05) is 6.04 Å². The first-order valence-electron chi connectivity index (χ1n) is 9.06. The molecule has 1 saturated carbocycles. The zero-order chi connectivity index (χ0) is 18.4. The summed E-state index contributed by atoms with van der Waals surface area (Å²) in [6.45, 7) is 7.54. The van der Waals surface area contributed by atoms with E-state index in [1.54, 1.807) is 6.92 Å². The lowest BCUT2D eigenvalue weighted by atomic mass is 9.86. The molecule has 138 valence electrons. The highest BCUT2D eigenvalue weighted by Gasteiger charge is 2.26. The average Bonchev–Trinajstić information content (AvgIpc) is 2.58. The second-order valence-electron chi connectivity index (χ2n) is 7.04. The number of hydrogen-bond acceptors (Lipinski definition) is 4. The Labute approximate surface area is 150 Å². The highest BCUT2D eigenvalue weighted by Crippen LogP contribution is 2.23. The summed E-state index contributed by atoms with van der Waals surface area (Å²) in [5.41, 5.74) is 2.26. The third kappa shape index (κ3) is 5.76. The Bertz CT molecular complexity index is 614. The van der Waals surface area contributed by atoms with Crippen molar-refractivity contribution < 1.29 is 19.1 Å². The van der Waals surface area contributed by atoms with Crippen LogP contribution in [-0.2, 0) is 14.3 Å². The topological polar surface area (TPSA) is 64.6 Å². The van der Waals surface area contributed by atoms with Gasteiger partial charge in [-0.2, -0.15) is 0 Å². The SMILES string of the molecule is Cc1ccc(OCC(=O)O[C@@H](C)C(=O)N[C@@H]2CCCC[C@@H]2C)cc1C. The van der Waals surface area contributed by atoms with Crippen LogP contribution in [0.2, 0.25) is 0 Å². The highest BCUT2D eigenvalue weighted by molar-refractivity contribution is 5.83. The second-order valence-corrected chi connectivity index (χ2v) is 7.04. The van der Waals surface area contributed by atoms with E-state index < -0.39 is 12.1 Å². The molecule has 0 saturated heterocycles. The first-order chi connectivity index (χ1) is 11.9. The maximum Gasteiger partial charge on any atom is 0.344 e. The average molecular weight is 347 g/mol. The number of carbonyl (C=O) groups is 2. The predicted octanol–water partition coefficient (Wildman–Crippen LogP) is 3.31. The van der Waals surface area contributed by atoms with Crippen molar-refractivity contribution in [3.8, 4) is 5.75 Å². The minimum atomic E-state index is -0.815. The molecule has 1 aromatic carbocycles. The van der Waals surface area contributed by atoms with Crippen LogP contribution in [0, 0.1) is 19.8 Å². The fourth-order valence-corrected chi connectivity index (χ4v) is 3.06.